The van der Waals surface area contributed by atoms with E-state index in [0.717, 1.165) is 4.47 Å². The van der Waals surface area contributed by atoms with E-state index in [1.165, 1.54) is 6.21 Å². The van der Waals surface area contributed by atoms with Crippen molar-refractivity contribution in [1.82, 2.24) is 5.43 Å². The van der Waals surface area contributed by atoms with Crippen LogP contribution in [0.15, 0.2) is 46.0 Å². The monoisotopic (exact) mass is 478 g/mol. The van der Waals surface area contributed by atoms with Gasteiger partial charge in [-0.15, -0.1) is 0 Å². The van der Waals surface area contributed by atoms with Gasteiger partial charge in [-0.25, -0.2) is 5.43 Å². The van der Waals surface area contributed by atoms with Crippen LogP contribution in [-0.4, -0.2) is 17.2 Å². The van der Waals surface area contributed by atoms with Crippen LogP contribution < -0.4 is 5.43 Å². The number of nitrogens with one attached hydrogen (secondary N) is 1. The number of benzene rings is 2. The van der Waals surface area contributed by atoms with E-state index in [2.05, 4.69) is 26.5 Å². The zero-order valence-corrected chi connectivity index (χ0v) is 15.0. The average molecular weight is 479 g/mol. The average Bonchev–Trinajstić information content (AvgIpc) is 2.44. The Morgan fingerprint density at radius 3 is 2.81 bits per heavy atom. The number of hydrogen-bond acceptors (Lipinski definition) is 3. The van der Waals surface area contributed by atoms with Crippen molar-refractivity contribution < 1.29 is 9.90 Å². The maximum atomic E-state index is 11.9. The quantitative estimate of drug-likeness (QED) is 0.394. The van der Waals surface area contributed by atoms with Crippen LogP contribution in [-0.2, 0) is 0 Å². The highest BCUT2D eigenvalue weighted by Gasteiger charge is 2.09. The molecule has 0 unspecified atom stereocenters. The molecule has 0 spiro atoms. The molecule has 0 bridgehead atoms. The molecule has 0 saturated heterocycles. The van der Waals surface area contributed by atoms with Gasteiger partial charge >= 0.3 is 0 Å². The first-order valence-corrected chi connectivity index (χ1v) is 8.00. The maximum Gasteiger partial charge on any atom is 0.272 e. The summed E-state index contributed by atoms with van der Waals surface area (Å²) in [6.07, 6.45) is 1.37. The van der Waals surface area contributed by atoms with Crippen LogP contribution in [0.1, 0.15) is 15.9 Å². The van der Waals surface area contributed by atoms with E-state index in [0.29, 0.717) is 19.7 Å². The van der Waals surface area contributed by atoms with Crippen LogP contribution in [0.5, 0.6) is 5.75 Å². The molecular formula is C14H9BrClIN2O2. The van der Waals surface area contributed by atoms with Gasteiger partial charge in [0.1, 0.15) is 5.75 Å². The number of rotatable bonds is 3. The van der Waals surface area contributed by atoms with E-state index < -0.39 is 5.91 Å². The van der Waals surface area contributed by atoms with E-state index >= 15 is 0 Å². The summed E-state index contributed by atoms with van der Waals surface area (Å²) in [5, 5.41) is 14.1. The summed E-state index contributed by atoms with van der Waals surface area (Å²) in [5.74, 6) is -0.310. The van der Waals surface area contributed by atoms with E-state index in [-0.39, 0.29) is 5.75 Å². The molecule has 21 heavy (non-hydrogen) atoms. The Bertz CT molecular complexity index is 722. The summed E-state index contributed by atoms with van der Waals surface area (Å²) in [6, 6.07) is 10.2. The third kappa shape index (κ3) is 4.18. The number of hydrazone groups is 1. The first-order chi connectivity index (χ1) is 9.99. The van der Waals surface area contributed by atoms with Crippen molar-refractivity contribution in [2.45, 2.75) is 0 Å². The summed E-state index contributed by atoms with van der Waals surface area (Å²) in [5.41, 5.74) is 3.20. The lowest BCUT2D eigenvalue weighted by Crippen LogP contribution is -2.17. The molecule has 0 atom stereocenters. The fourth-order valence-electron chi connectivity index (χ4n) is 1.55. The van der Waals surface area contributed by atoms with Gasteiger partial charge in [-0.05, 0) is 46.9 Å². The number of nitrogens with zero attached hydrogens (tertiary/aromatic N) is 1. The predicted molar refractivity (Wildman–Crippen MR) is 95.0 cm³/mol. The second-order valence-electron chi connectivity index (χ2n) is 4.00. The Kier molecular flexibility index (Phi) is 5.60. The molecule has 0 fully saturated rings. The van der Waals surface area contributed by atoms with Crippen LogP contribution in [0.2, 0.25) is 5.02 Å². The molecule has 0 saturated carbocycles. The molecule has 1 amide bonds. The molecule has 0 heterocycles. The van der Waals surface area contributed by atoms with Crippen molar-refractivity contribution in [3.63, 3.8) is 0 Å². The number of carbonyl (C=O) groups is 1. The predicted octanol–water partition coefficient (Wildman–Crippen LogP) is 4.18. The van der Waals surface area contributed by atoms with Crippen LogP contribution in [0.25, 0.3) is 0 Å². The Hall–Kier alpha value is -1.12. The number of aromatic hydroxyl groups is 1. The second kappa shape index (κ2) is 7.24. The fourth-order valence-corrected chi connectivity index (χ4v) is 3.32. The number of amides is 1. The van der Waals surface area contributed by atoms with Gasteiger partial charge in [-0.2, -0.15) is 5.10 Å². The van der Waals surface area contributed by atoms with E-state index in [4.69, 9.17) is 11.6 Å². The molecule has 2 aromatic carbocycles. The minimum atomic E-state index is -0.416. The number of phenolic OH excluding ortho intramolecular Hbond substituents is 1. The van der Waals surface area contributed by atoms with E-state index in [1.807, 2.05) is 22.6 Å². The van der Waals surface area contributed by atoms with Crippen LogP contribution >= 0.6 is 50.1 Å². The molecule has 2 N–H and O–H groups in total. The van der Waals surface area contributed by atoms with Crippen molar-refractivity contribution in [3.05, 3.63) is 60.6 Å². The summed E-state index contributed by atoms with van der Waals surface area (Å²) < 4.78 is 1.49. The van der Waals surface area contributed by atoms with Crippen molar-refractivity contribution in [2.24, 2.45) is 5.10 Å². The zero-order chi connectivity index (χ0) is 15.4. The van der Waals surface area contributed by atoms with Crippen LogP contribution in [0.4, 0.5) is 0 Å². The second-order valence-corrected chi connectivity index (χ2v) is 6.49. The Morgan fingerprint density at radius 2 is 2.10 bits per heavy atom. The molecule has 108 valence electrons. The normalized spacial score (nSPS) is 10.8. The minimum Gasteiger partial charge on any atom is -0.506 e. The van der Waals surface area contributed by atoms with Crippen molar-refractivity contribution in [3.8, 4) is 5.75 Å². The van der Waals surface area contributed by atoms with Crippen LogP contribution in [0, 0.1) is 3.57 Å². The van der Waals surface area contributed by atoms with Gasteiger partial charge < -0.3 is 5.11 Å². The lowest BCUT2D eigenvalue weighted by molar-refractivity contribution is 0.0955. The lowest BCUT2D eigenvalue weighted by Gasteiger charge is -2.04. The smallest absolute Gasteiger partial charge is 0.272 e. The first kappa shape index (κ1) is 16.3. The topological polar surface area (TPSA) is 61.7 Å². The molecule has 0 aliphatic heterocycles. The lowest BCUT2D eigenvalue weighted by atomic mass is 10.2. The van der Waals surface area contributed by atoms with Gasteiger partial charge in [-0.3, -0.25) is 4.79 Å². The minimum absolute atomic E-state index is 0.106. The summed E-state index contributed by atoms with van der Waals surface area (Å²) in [4.78, 5) is 11.9. The summed E-state index contributed by atoms with van der Waals surface area (Å²) in [6.45, 7) is 0. The molecule has 7 heteroatoms. The molecule has 2 aromatic rings. The third-order valence-electron chi connectivity index (χ3n) is 2.55. The molecule has 2 rings (SSSR count). The molecule has 0 aliphatic carbocycles. The SMILES string of the molecule is O=C(N/N=C\c1cc(Br)cc(I)c1O)c1ccccc1Cl. The van der Waals surface area contributed by atoms with Crippen molar-refractivity contribution in [1.29, 1.82) is 0 Å². The maximum absolute atomic E-state index is 11.9. The number of halogens is 3. The van der Waals surface area contributed by atoms with Gasteiger partial charge in [0.25, 0.3) is 5.91 Å². The molecular weight excluding hydrogens is 470 g/mol. The largest absolute Gasteiger partial charge is 0.506 e. The fraction of sp³-hybridized carbons (Fsp3) is 0. The number of hydrogen-bond donors (Lipinski definition) is 2. The summed E-state index contributed by atoms with van der Waals surface area (Å²) >= 11 is 11.3. The Balaban J connectivity index is 2.13. The van der Waals surface area contributed by atoms with E-state index in [9.17, 15) is 9.90 Å². The highest BCUT2D eigenvalue weighted by molar-refractivity contribution is 14.1. The van der Waals surface area contributed by atoms with Gasteiger partial charge in [0.05, 0.1) is 20.4 Å². The summed E-state index contributed by atoms with van der Waals surface area (Å²) in [7, 11) is 0. The van der Waals surface area contributed by atoms with E-state index in [1.54, 1.807) is 36.4 Å². The standard InChI is InChI=1S/C14H9BrClIN2O2/c15-9-5-8(13(20)12(17)6-9)7-18-19-14(21)10-3-1-2-4-11(10)16/h1-7,20H,(H,19,21)/b18-7-. The molecule has 0 aliphatic rings. The van der Waals surface area contributed by atoms with Gasteiger partial charge in [0, 0.05) is 10.0 Å². The molecule has 4 nitrogen and oxygen atoms in total. The van der Waals surface area contributed by atoms with Crippen molar-refractivity contribution >= 4 is 62.2 Å². The van der Waals surface area contributed by atoms with Crippen molar-refractivity contribution in [2.75, 3.05) is 0 Å². The highest BCUT2D eigenvalue weighted by atomic mass is 127. The molecule has 0 aromatic heterocycles. The zero-order valence-electron chi connectivity index (χ0n) is 10.5. The number of carbonyl (C=O) groups excluding carboxylic acids is 1. The van der Waals surface area contributed by atoms with Gasteiger partial charge in [-0.1, -0.05) is 39.7 Å². The first-order valence-electron chi connectivity index (χ1n) is 5.75. The molecule has 0 radical (unpaired) electrons. The Morgan fingerprint density at radius 1 is 1.38 bits per heavy atom. The number of phenols is 1. The van der Waals surface area contributed by atoms with Gasteiger partial charge in [0.15, 0.2) is 0 Å². The van der Waals surface area contributed by atoms with Gasteiger partial charge in [0.2, 0.25) is 0 Å². The van der Waals surface area contributed by atoms with Crippen LogP contribution in [0.3, 0.4) is 0 Å². The third-order valence-corrected chi connectivity index (χ3v) is 4.16. The highest BCUT2D eigenvalue weighted by Crippen LogP contribution is 2.27. The Labute approximate surface area is 148 Å².